The van der Waals surface area contributed by atoms with Gasteiger partial charge in [-0.15, -0.1) is 0 Å². The molecular weight excluding hydrogens is 112 g/mol. The van der Waals surface area contributed by atoms with E-state index in [0.717, 1.165) is 12.2 Å². The molecule has 0 aromatic rings. The van der Waals surface area contributed by atoms with E-state index in [1.165, 1.54) is 0 Å². The zero-order valence-electron chi connectivity index (χ0n) is 5.77. The van der Waals surface area contributed by atoms with Crippen LogP contribution in [-0.4, -0.2) is 6.10 Å². The van der Waals surface area contributed by atoms with Gasteiger partial charge in [0, 0.05) is 6.08 Å². The Balaban J connectivity index is 2.58. The summed E-state index contributed by atoms with van der Waals surface area (Å²) in [6.07, 6.45) is 2.90. The number of ether oxygens (including phenoxy) is 1. The summed E-state index contributed by atoms with van der Waals surface area (Å²) < 4.78 is 5.32. The van der Waals surface area contributed by atoms with E-state index in [0.29, 0.717) is 0 Å². The largest absolute Gasteiger partial charge is 0.482 e. The molecule has 48 valence electrons. The van der Waals surface area contributed by atoms with Crippen LogP contribution in [0.25, 0.3) is 0 Å². The van der Waals surface area contributed by atoms with Crippen molar-refractivity contribution >= 4 is 0 Å². The maximum Gasteiger partial charge on any atom is 0.158 e. The van der Waals surface area contributed by atoms with E-state index < -0.39 is 0 Å². The van der Waals surface area contributed by atoms with Crippen LogP contribution in [0.4, 0.5) is 0 Å². The van der Waals surface area contributed by atoms with E-state index in [9.17, 15) is 0 Å². The highest BCUT2D eigenvalue weighted by Crippen LogP contribution is 2.07. The molecule has 1 aliphatic rings. The van der Waals surface area contributed by atoms with Crippen molar-refractivity contribution in [3.63, 3.8) is 0 Å². The molecule has 1 aliphatic heterocycles. The van der Waals surface area contributed by atoms with Gasteiger partial charge in [-0.1, -0.05) is 18.8 Å². The molecule has 0 amide bonds. The molecule has 0 N–H and O–H groups in total. The molecule has 0 bridgehead atoms. The van der Waals surface area contributed by atoms with Crippen LogP contribution in [0, 0.1) is 11.8 Å². The predicted molar refractivity (Wildman–Crippen MR) is 36.7 cm³/mol. The highest BCUT2D eigenvalue weighted by molar-refractivity contribution is 5.23. The summed E-state index contributed by atoms with van der Waals surface area (Å²) in [6, 6.07) is 0. The van der Waals surface area contributed by atoms with E-state index in [-0.39, 0.29) is 6.10 Å². The van der Waals surface area contributed by atoms with Crippen molar-refractivity contribution in [1.82, 2.24) is 0 Å². The fourth-order valence-electron chi connectivity index (χ4n) is 0.710. The van der Waals surface area contributed by atoms with Crippen molar-refractivity contribution < 1.29 is 4.74 Å². The van der Waals surface area contributed by atoms with Crippen molar-refractivity contribution in [2.45, 2.75) is 26.4 Å². The first-order valence-corrected chi connectivity index (χ1v) is 3.17. The lowest BCUT2D eigenvalue weighted by molar-refractivity contribution is 0.158. The van der Waals surface area contributed by atoms with Crippen LogP contribution in [0.15, 0.2) is 11.8 Å². The Kier molecular flexibility index (Phi) is 1.79. The Bertz CT molecular complexity index is 180. The van der Waals surface area contributed by atoms with E-state index >= 15 is 0 Å². The Morgan fingerprint density at radius 1 is 1.78 bits per heavy atom. The van der Waals surface area contributed by atoms with E-state index in [4.69, 9.17) is 4.74 Å². The van der Waals surface area contributed by atoms with Crippen LogP contribution in [0.2, 0.25) is 0 Å². The molecule has 0 aromatic carbocycles. The van der Waals surface area contributed by atoms with E-state index in [1.54, 1.807) is 6.08 Å². The highest BCUT2D eigenvalue weighted by atomic mass is 16.5. The monoisotopic (exact) mass is 122 g/mol. The second-order valence-electron chi connectivity index (χ2n) is 2.06. The molecule has 0 spiro atoms. The standard InChI is InChI=1S/C8H10O/c1-3-8-6-4-5-7(2)9-8/h5,8H,3H2,1-2H3. The van der Waals surface area contributed by atoms with Crippen molar-refractivity contribution in [2.24, 2.45) is 0 Å². The lowest BCUT2D eigenvalue weighted by Gasteiger charge is -2.13. The van der Waals surface area contributed by atoms with Crippen LogP contribution in [0.5, 0.6) is 0 Å². The van der Waals surface area contributed by atoms with Gasteiger partial charge < -0.3 is 4.74 Å². The molecule has 1 rings (SSSR count). The van der Waals surface area contributed by atoms with Gasteiger partial charge >= 0.3 is 0 Å². The van der Waals surface area contributed by atoms with Crippen molar-refractivity contribution in [3.8, 4) is 11.8 Å². The Morgan fingerprint density at radius 2 is 2.56 bits per heavy atom. The fraction of sp³-hybridized carbons (Fsp3) is 0.500. The van der Waals surface area contributed by atoms with Crippen molar-refractivity contribution in [3.05, 3.63) is 11.8 Å². The first kappa shape index (κ1) is 6.22. The van der Waals surface area contributed by atoms with Gasteiger partial charge in [-0.05, 0) is 13.3 Å². The number of hydrogen-bond donors (Lipinski definition) is 0. The van der Waals surface area contributed by atoms with Gasteiger partial charge in [0.05, 0.1) is 0 Å². The van der Waals surface area contributed by atoms with Gasteiger partial charge in [-0.3, -0.25) is 0 Å². The topological polar surface area (TPSA) is 9.23 Å². The lowest BCUT2D eigenvalue weighted by Crippen LogP contribution is -2.09. The van der Waals surface area contributed by atoms with Gasteiger partial charge in [0.25, 0.3) is 0 Å². The summed E-state index contributed by atoms with van der Waals surface area (Å²) in [7, 11) is 0. The molecule has 1 unspecified atom stereocenters. The van der Waals surface area contributed by atoms with Crippen molar-refractivity contribution in [2.75, 3.05) is 0 Å². The minimum Gasteiger partial charge on any atom is -0.482 e. The number of allylic oxidation sites excluding steroid dienone is 2. The zero-order chi connectivity index (χ0) is 6.69. The average Bonchev–Trinajstić information content (AvgIpc) is 1.88. The Morgan fingerprint density at radius 3 is 3.00 bits per heavy atom. The maximum atomic E-state index is 5.32. The molecule has 9 heavy (non-hydrogen) atoms. The quantitative estimate of drug-likeness (QED) is 0.481. The number of hydrogen-bond acceptors (Lipinski definition) is 1. The molecule has 0 aromatic heterocycles. The SMILES string of the molecule is CCC1C#CC=C(C)O1. The first-order chi connectivity index (χ1) is 4.33. The lowest BCUT2D eigenvalue weighted by atomic mass is 10.2. The van der Waals surface area contributed by atoms with Crippen LogP contribution < -0.4 is 0 Å². The maximum absolute atomic E-state index is 5.32. The molecule has 1 nitrogen and oxygen atoms in total. The summed E-state index contributed by atoms with van der Waals surface area (Å²) in [5.41, 5.74) is 0. The summed E-state index contributed by atoms with van der Waals surface area (Å²) in [5.74, 6) is 6.78. The smallest absolute Gasteiger partial charge is 0.158 e. The zero-order valence-corrected chi connectivity index (χ0v) is 5.77. The molecule has 0 aliphatic carbocycles. The second-order valence-corrected chi connectivity index (χ2v) is 2.06. The van der Waals surface area contributed by atoms with Gasteiger partial charge in [0.2, 0.25) is 0 Å². The Hall–Kier alpha value is -0.900. The third kappa shape index (κ3) is 1.50. The van der Waals surface area contributed by atoms with Crippen LogP contribution in [-0.2, 0) is 4.74 Å². The highest BCUT2D eigenvalue weighted by Gasteiger charge is 2.04. The molecule has 1 heterocycles. The summed E-state index contributed by atoms with van der Waals surface area (Å²) >= 11 is 0. The fourth-order valence-corrected chi connectivity index (χ4v) is 0.710. The van der Waals surface area contributed by atoms with Crippen molar-refractivity contribution in [1.29, 1.82) is 0 Å². The van der Waals surface area contributed by atoms with Crippen LogP contribution in [0.3, 0.4) is 0 Å². The van der Waals surface area contributed by atoms with Crippen LogP contribution >= 0.6 is 0 Å². The van der Waals surface area contributed by atoms with Gasteiger partial charge in [0.15, 0.2) is 6.10 Å². The van der Waals surface area contributed by atoms with E-state index in [2.05, 4.69) is 18.8 Å². The normalized spacial score (nSPS) is 23.3. The molecule has 1 atom stereocenters. The molecule has 1 heteroatoms. The third-order valence-corrected chi connectivity index (χ3v) is 1.22. The molecule has 0 saturated carbocycles. The van der Waals surface area contributed by atoms with Gasteiger partial charge in [-0.25, -0.2) is 0 Å². The molecule has 0 fully saturated rings. The Labute approximate surface area is 55.7 Å². The first-order valence-electron chi connectivity index (χ1n) is 3.17. The minimum absolute atomic E-state index is 0.134. The summed E-state index contributed by atoms with van der Waals surface area (Å²) in [4.78, 5) is 0. The third-order valence-electron chi connectivity index (χ3n) is 1.22. The summed E-state index contributed by atoms with van der Waals surface area (Å²) in [5, 5.41) is 0. The molecule has 0 saturated heterocycles. The molecule has 0 radical (unpaired) electrons. The number of rotatable bonds is 1. The predicted octanol–water partition coefficient (Wildman–Crippen LogP) is 1.70. The van der Waals surface area contributed by atoms with Gasteiger partial charge in [0.1, 0.15) is 5.76 Å². The van der Waals surface area contributed by atoms with Gasteiger partial charge in [-0.2, -0.15) is 0 Å². The van der Waals surface area contributed by atoms with E-state index in [1.807, 2.05) is 6.92 Å². The second kappa shape index (κ2) is 2.59. The minimum atomic E-state index is 0.134. The van der Waals surface area contributed by atoms with Crippen LogP contribution in [0.1, 0.15) is 20.3 Å². The average molecular weight is 122 g/mol. The molecular formula is C8H10O. The summed E-state index contributed by atoms with van der Waals surface area (Å²) in [6.45, 7) is 3.99.